The van der Waals surface area contributed by atoms with Crippen LogP contribution in [-0.4, -0.2) is 28.9 Å². The van der Waals surface area contributed by atoms with E-state index in [9.17, 15) is 4.79 Å². The van der Waals surface area contributed by atoms with E-state index in [0.717, 1.165) is 5.75 Å². The van der Waals surface area contributed by atoms with Gasteiger partial charge in [0.2, 0.25) is 5.91 Å². The zero-order valence-corrected chi connectivity index (χ0v) is 12.9. The van der Waals surface area contributed by atoms with Gasteiger partial charge < -0.3 is 10.4 Å². The fraction of sp³-hybridized carbons (Fsp3) is 0.533. The normalized spacial score (nSPS) is 11.4. The highest BCUT2D eigenvalue weighted by atomic mass is 32.2. The fourth-order valence-electron chi connectivity index (χ4n) is 1.54. The second-order valence-electron chi connectivity index (χ2n) is 5.43. The maximum absolute atomic E-state index is 11.7. The Morgan fingerprint density at radius 3 is 2.58 bits per heavy atom. The molecule has 0 unspecified atom stereocenters. The van der Waals surface area contributed by atoms with Crippen LogP contribution in [0.1, 0.15) is 31.4 Å². The van der Waals surface area contributed by atoms with Gasteiger partial charge in [0.05, 0.1) is 12.1 Å². The van der Waals surface area contributed by atoms with Gasteiger partial charge in [0.15, 0.2) is 0 Å². The van der Waals surface area contributed by atoms with Crippen LogP contribution >= 0.6 is 11.8 Å². The van der Waals surface area contributed by atoms with E-state index >= 15 is 0 Å². The molecule has 0 saturated carbocycles. The maximum atomic E-state index is 11.7. The van der Waals surface area contributed by atoms with Crippen molar-refractivity contribution in [3.05, 3.63) is 29.3 Å². The summed E-state index contributed by atoms with van der Waals surface area (Å²) in [6.45, 7) is 7.75. The van der Waals surface area contributed by atoms with Crippen LogP contribution in [0, 0.1) is 13.8 Å². The Morgan fingerprint density at radius 2 is 2.00 bits per heavy atom. The first-order valence-electron chi connectivity index (χ1n) is 6.46. The summed E-state index contributed by atoms with van der Waals surface area (Å²) >= 11 is 1.68. The molecule has 0 spiro atoms. The molecule has 106 valence electrons. The standard InChI is InChI=1S/C15H23NO2S/c1-11-5-6-13(9-12(11)2)19-8-7-14(18)16-15(3,4)10-17/h5-6,9,17H,7-8,10H2,1-4H3,(H,16,18). The van der Waals surface area contributed by atoms with Crippen molar-refractivity contribution in [2.45, 2.75) is 44.6 Å². The largest absolute Gasteiger partial charge is 0.394 e. The van der Waals surface area contributed by atoms with E-state index in [1.807, 2.05) is 0 Å². The first kappa shape index (κ1) is 16.1. The fourth-order valence-corrected chi connectivity index (χ4v) is 2.49. The Balaban J connectivity index is 2.38. The summed E-state index contributed by atoms with van der Waals surface area (Å²) < 4.78 is 0. The van der Waals surface area contributed by atoms with Crippen LogP contribution in [0.4, 0.5) is 0 Å². The molecule has 0 aromatic heterocycles. The molecule has 1 rings (SSSR count). The Morgan fingerprint density at radius 1 is 1.32 bits per heavy atom. The van der Waals surface area contributed by atoms with Gasteiger partial charge in [0.1, 0.15) is 0 Å². The molecule has 4 heteroatoms. The predicted octanol–water partition coefficient (Wildman–Crippen LogP) is 2.67. The average Bonchev–Trinajstić information content (AvgIpc) is 2.33. The lowest BCUT2D eigenvalue weighted by Crippen LogP contribution is -2.46. The van der Waals surface area contributed by atoms with Crippen LogP contribution in [0.5, 0.6) is 0 Å². The molecule has 2 N–H and O–H groups in total. The molecule has 1 amide bonds. The molecule has 0 saturated heterocycles. The predicted molar refractivity (Wildman–Crippen MR) is 80.6 cm³/mol. The second-order valence-corrected chi connectivity index (χ2v) is 6.60. The van der Waals surface area contributed by atoms with Gasteiger partial charge in [-0.3, -0.25) is 4.79 Å². The van der Waals surface area contributed by atoms with Crippen LogP contribution in [0.15, 0.2) is 23.1 Å². The number of nitrogens with one attached hydrogen (secondary N) is 1. The van der Waals surface area contributed by atoms with Crippen LogP contribution in [0.3, 0.4) is 0 Å². The number of rotatable bonds is 6. The number of carbonyl (C=O) groups excluding carboxylic acids is 1. The molecule has 1 aromatic rings. The lowest BCUT2D eigenvalue weighted by molar-refractivity contribution is -0.122. The monoisotopic (exact) mass is 281 g/mol. The number of carbonyl (C=O) groups is 1. The van der Waals surface area contributed by atoms with Gasteiger partial charge in [-0.25, -0.2) is 0 Å². The van der Waals surface area contributed by atoms with Crippen molar-refractivity contribution < 1.29 is 9.90 Å². The third kappa shape index (κ3) is 5.66. The number of aliphatic hydroxyl groups excluding tert-OH is 1. The van der Waals surface area contributed by atoms with E-state index in [0.29, 0.717) is 6.42 Å². The van der Waals surface area contributed by atoms with Crippen molar-refractivity contribution in [2.75, 3.05) is 12.4 Å². The third-order valence-electron chi connectivity index (χ3n) is 2.95. The lowest BCUT2D eigenvalue weighted by atomic mass is 10.1. The summed E-state index contributed by atoms with van der Waals surface area (Å²) in [5.41, 5.74) is 2.02. The molecule has 0 bridgehead atoms. The van der Waals surface area contributed by atoms with Crippen LogP contribution < -0.4 is 5.32 Å². The first-order chi connectivity index (χ1) is 8.84. The highest BCUT2D eigenvalue weighted by Gasteiger charge is 2.18. The first-order valence-corrected chi connectivity index (χ1v) is 7.44. The van der Waals surface area contributed by atoms with Crippen molar-refractivity contribution in [3.8, 4) is 0 Å². The van der Waals surface area contributed by atoms with Crippen LogP contribution in [0.25, 0.3) is 0 Å². The minimum absolute atomic E-state index is 0.0182. The Kier molecular flexibility index (Phi) is 5.88. The highest BCUT2D eigenvalue weighted by Crippen LogP contribution is 2.21. The topological polar surface area (TPSA) is 49.3 Å². The summed E-state index contributed by atoms with van der Waals surface area (Å²) in [4.78, 5) is 12.9. The number of hydrogen-bond donors (Lipinski definition) is 2. The summed E-state index contributed by atoms with van der Waals surface area (Å²) in [6, 6.07) is 6.34. The quantitative estimate of drug-likeness (QED) is 0.788. The third-order valence-corrected chi connectivity index (χ3v) is 3.94. The number of hydrogen-bond acceptors (Lipinski definition) is 3. The van der Waals surface area contributed by atoms with Gasteiger partial charge in [-0.1, -0.05) is 6.07 Å². The number of thioether (sulfide) groups is 1. The molecule has 1 aromatic carbocycles. The van der Waals surface area contributed by atoms with Gasteiger partial charge in [0, 0.05) is 17.1 Å². The number of aryl methyl sites for hydroxylation is 2. The molecule has 0 fully saturated rings. The minimum Gasteiger partial charge on any atom is -0.394 e. The molecule has 0 aliphatic carbocycles. The van der Waals surface area contributed by atoms with E-state index < -0.39 is 5.54 Å². The van der Waals surface area contributed by atoms with E-state index in [1.165, 1.54) is 16.0 Å². The summed E-state index contributed by atoms with van der Waals surface area (Å²) in [7, 11) is 0. The van der Waals surface area contributed by atoms with Crippen molar-refractivity contribution in [1.82, 2.24) is 5.32 Å². The molecule has 0 radical (unpaired) electrons. The van der Waals surface area contributed by atoms with Gasteiger partial charge >= 0.3 is 0 Å². The second kappa shape index (κ2) is 6.96. The molecule has 19 heavy (non-hydrogen) atoms. The van der Waals surface area contributed by atoms with Crippen LogP contribution in [0.2, 0.25) is 0 Å². The smallest absolute Gasteiger partial charge is 0.221 e. The molecule has 0 atom stereocenters. The Hall–Kier alpha value is -1.00. The maximum Gasteiger partial charge on any atom is 0.221 e. The SMILES string of the molecule is Cc1ccc(SCCC(=O)NC(C)(C)CO)cc1C. The number of aliphatic hydroxyl groups is 1. The van der Waals surface area contributed by atoms with Gasteiger partial charge in [-0.05, 0) is 51.0 Å². The van der Waals surface area contributed by atoms with Gasteiger partial charge in [-0.2, -0.15) is 0 Å². The minimum atomic E-state index is -0.539. The van der Waals surface area contributed by atoms with E-state index in [-0.39, 0.29) is 12.5 Å². The van der Waals surface area contributed by atoms with Crippen LogP contribution in [-0.2, 0) is 4.79 Å². The molecular weight excluding hydrogens is 258 g/mol. The van der Waals surface area contributed by atoms with Crippen molar-refractivity contribution in [2.24, 2.45) is 0 Å². The molecule has 0 heterocycles. The van der Waals surface area contributed by atoms with Crippen molar-refractivity contribution >= 4 is 17.7 Å². The molecule has 3 nitrogen and oxygen atoms in total. The molecular formula is C15H23NO2S. The molecule has 0 aliphatic heterocycles. The number of amides is 1. The van der Waals surface area contributed by atoms with Crippen molar-refractivity contribution in [3.63, 3.8) is 0 Å². The highest BCUT2D eigenvalue weighted by molar-refractivity contribution is 7.99. The summed E-state index contributed by atoms with van der Waals surface area (Å²) in [5.74, 6) is 0.728. The Bertz CT molecular complexity index is 444. The zero-order valence-electron chi connectivity index (χ0n) is 12.1. The zero-order chi connectivity index (χ0) is 14.5. The van der Waals surface area contributed by atoms with E-state index in [4.69, 9.17) is 5.11 Å². The lowest BCUT2D eigenvalue weighted by Gasteiger charge is -2.23. The molecule has 0 aliphatic rings. The number of benzene rings is 1. The van der Waals surface area contributed by atoms with Gasteiger partial charge in [0.25, 0.3) is 0 Å². The van der Waals surface area contributed by atoms with Crippen molar-refractivity contribution in [1.29, 1.82) is 0 Å². The van der Waals surface area contributed by atoms with Gasteiger partial charge in [-0.15, -0.1) is 11.8 Å². The summed E-state index contributed by atoms with van der Waals surface area (Å²) in [6.07, 6.45) is 0.459. The average molecular weight is 281 g/mol. The van der Waals surface area contributed by atoms with E-state index in [1.54, 1.807) is 25.6 Å². The Labute approximate surface area is 119 Å². The summed E-state index contributed by atoms with van der Waals surface area (Å²) in [5, 5.41) is 11.9. The van der Waals surface area contributed by atoms with E-state index in [2.05, 4.69) is 37.4 Å².